The van der Waals surface area contributed by atoms with Crippen LogP contribution < -0.4 is 0 Å². The zero-order valence-electron chi connectivity index (χ0n) is 18.0. The van der Waals surface area contributed by atoms with Crippen LogP contribution in [-0.4, -0.2) is 17.5 Å². The lowest BCUT2D eigenvalue weighted by atomic mass is 9.80. The van der Waals surface area contributed by atoms with Crippen molar-refractivity contribution in [1.82, 2.24) is 4.90 Å². The van der Waals surface area contributed by atoms with Crippen molar-refractivity contribution in [2.24, 2.45) is 5.41 Å². The predicted octanol–water partition coefficient (Wildman–Crippen LogP) is 6.39. The molecule has 0 aromatic heterocycles. The van der Waals surface area contributed by atoms with E-state index in [4.69, 9.17) is 0 Å². The molecular formula is C25H37N. The van der Waals surface area contributed by atoms with E-state index < -0.39 is 0 Å². The minimum Gasteiger partial charge on any atom is -0.291 e. The molecule has 0 spiro atoms. The van der Waals surface area contributed by atoms with Crippen LogP contribution in [0.1, 0.15) is 76.6 Å². The van der Waals surface area contributed by atoms with Gasteiger partial charge in [-0.1, -0.05) is 57.0 Å². The van der Waals surface area contributed by atoms with Crippen LogP contribution in [0.3, 0.4) is 0 Å². The smallest absolute Gasteiger partial charge is 0.0391 e. The first-order valence-corrected chi connectivity index (χ1v) is 10.4. The number of hydrogen-bond donors (Lipinski definition) is 0. The topological polar surface area (TPSA) is 3.24 Å². The molecule has 0 bridgehead atoms. The summed E-state index contributed by atoms with van der Waals surface area (Å²) in [6.07, 6.45) is 7.24. The van der Waals surface area contributed by atoms with Gasteiger partial charge in [0.25, 0.3) is 0 Å². The van der Waals surface area contributed by atoms with Gasteiger partial charge in [-0.3, -0.25) is 4.90 Å². The van der Waals surface area contributed by atoms with Gasteiger partial charge in [-0.15, -0.1) is 0 Å². The second kappa shape index (κ2) is 7.35. The highest BCUT2D eigenvalue weighted by atomic mass is 15.2. The Kier molecular flexibility index (Phi) is 5.49. The third-order valence-corrected chi connectivity index (χ3v) is 6.17. The normalized spacial score (nSPS) is 21.7. The molecule has 3 rings (SSSR count). The highest BCUT2D eigenvalue weighted by Gasteiger charge is 2.33. The van der Waals surface area contributed by atoms with E-state index in [9.17, 15) is 0 Å². The SMILES string of the molecule is CCc1c(C)ccc2c1CN1CCC(C)=C(/C=C(\C)CC(C)(C)C)C1C2. The van der Waals surface area contributed by atoms with Crippen LogP contribution in [0.25, 0.3) is 0 Å². The first-order valence-electron chi connectivity index (χ1n) is 10.4. The highest BCUT2D eigenvalue weighted by Crippen LogP contribution is 2.37. The van der Waals surface area contributed by atoms with Crippen molar-refractivity contribution < 1.29 is 0 Å². The number of rotatable bonds is 3. The van der Waals surface area contributed by atoms with E-state index >= 15 is 0 Å². The summed E-state index contributed by atoms with van der Waals surface area (Å²) in [6.45, 7) is 18.6. The predicted molar refractivity (Wildman–Crippen MR) is 114 cm³/mol. The number of aryl methyl sites for hydroxylation is 1. The summed E-state index contributed by atoms with van der Waals surface area (Å²) in [4.78, 5) is 2.74. The maximum atomic E-state index is 2.74. The van der Waals surface area contributed by atoms with Gasteiger partial charge in [-0.2, -0.15) is 0 Å². The number of fused-ring (bicyclic) bond motifs is 2. The average Bonchev–Trinajstić information content (AvgIpc) is 2.54. The zero-order chi connectivity index (χ0) is 19.1. The summed E-state index contributed by atoms with van der Waals surface area (Å²) >= 11 is 0. The fraction of sp³-hybridized carbons (Fsp3) is 0.600. The lowest BCUT2D eigenvalue weighted by Gasteiger charge is -2.42. The fourth-order valence-corrected chi connectivity index (χ4v) is 5.04. The summed E-state index contributed by atoms with van der Waals surface area (Å²) < 4.78 is 0. The Hall–Kier alpha value is -1.34. The van der Waals surface area contributed by atoms with E-state index in [0.29, 0.717) is 11.5 Å². The molecule has 26 heavy (non-hydrogen) atoms. The van der Waals surface area contributed by atoms with Crippen LogP contribution in [0.2, 0.25) is 0 Å². The molecule has 2 aliphatic heterocycles. The van der Waals surface area contributed by atoms with Crippen molar-refractivity contribution in [1.29, 1.82) is 0 Å². The minimum atomic E-state index is 0.357. The van der Waals surface area contributed by atoms with E-state index in [0.717, 1.165) is 13.0 Å². The van der Waals surface area contributed by atoms with Gasteiger partial charge in [0.15, 0.2) is 0 Å². The second-order valence-corrected chi connectivity index (χ2v) is 9.76. The molecule has 0 radical (unpaired) electrons. The van der Waals surface area contributed by atoms with Gasteiger partial charge in [0.05, 0.1) is 0 Å². The van der Waals surface area contributed by atoms with Crippen molar-refractivity contribution in [3.8, 4) is 0 Å². The molecule has 0 saturated heterocycles. The maximum absolute atomic E-state index is 2.74. The van der Waals surface area contributed by atoms with Crippen molar-refractivity contribution in [2.45, 2.75) is 86.7 Å². The monoisotopic (exact) mass is 351 g/mol. The summed E-state index contributed by atoms with van der Waals surface area (Å²) in [6, 6.07) is 5.31. The highest BCUT2D eigenvalue weighted by molar-refractivity contribution is 5.46. The van der Waals surface area contributed by atoms with Crippen LogP contribution in [0.5, 0.6) is 0 Å². The Morgan fingerprint density at radius 1 is 1.23 bits per heavy atom. The van der Waals surface area contributed by atoms with Crippen LogP contribution >= 0.6 is 0 Å². The number of nitrogens with zero attached hydrogens (tertiary/aromatic N) is 1. The molecule has 0 N–H and O–H groups in total. The summed E-state index contributed by atoms with van der Waals surface area (Å²) in [5.74, 6) is 0. The molecule has 0 aliphatic carbocycles. The molecule has 142 valence electrons. The third-order valence-electron chi connectivity index (χ3n) is 6.17. The molecule has 0 saturated carbocycles. The van der Waals surface area contributed by atoms with Crippen molar-refractivity contribution in [3.63, 3.8) is 0 Å². The summed E-state index contributed by atoms with van der Waals surface area (Å²) in [7, 11) is 0. The minimum absolute atomic E-state index is 0.357. The van der Waals surface area contributed by atoms with Crippen LogP contribution in [0, 0.1) is 12.3 Å². The van der Waals surface area contributed by atoms with E-state index in [-0.39, 0.29) is 0 Å². The van der Waals surface area contributed by atoms with E-state index in [1.807, 2.05) is 0 Å². The molecule has 1 unspecified atom stereocenters. The first-order chi connectivity index (χ1) is 12.2. The van der Waals surface area contributed by atoms with Gasteiger partial charge in [0.2, 0.25) is 0 Å². The lowest BCUT2D eigenvalue weighted by molar-refractivity contribution is 0.187. The molecule has 0 amide bonds. The molecular weight excluding hydrogens is 314 g/mol. The largest absolute Gasteiger partial charge is 0.291 e. The number of hydrogen-bond acceptors (Lipinski definition) is 1. The molecule has 1 atom stereocenters. The quantitative estimate of drug-likeness (QED) is 0.610. The Morgan fingerprint density at radius 3 is 2.62 bits per heavy atom. The number of benzene rings is 1. The number of allylic oxidation sites excluding steroid dienone is 1. The van der Waals surface area contributed by atoms with Crippen molar-refractivity contribution in [2.75, 3.05) is 6.54 Å². The van der Waals surface area contributed by atoms with Crippen molar-refractivity contribution >= 4 is 0 Å². The van der Waals surface area contributed by atoms with Gasteiger partial charge in [-0.25, -0.2) is 0 Å². The summed E-state index contributed by atoms with van der Waals surface area (Å²) in [5, 5.41) is 0. The van der Waals surface area contributed by atoms with Crippen molar-refractivity contribution in [3.05, 3.63) is 57.2 Å². The Bertz CT molecular complexity index is 742. The Balaban J connectivity index is 1.94. The third kappa shape index (κ3) is 3.98. The van der Waals surface area contributed by atoms with Gasteiger partial charge in [0.1, 0.15) is 0 Å². The molecule has 0 fully saturated rings. The molecule has 2 heterocycles. The standard InChI is InChI=1S/C25H37N/c1-8-21-18(3)9-10-20-14-24-22(13-17(2)15-25(5,6)7)19(4)11-12-26(24)16-23(20)21/h9-10,13,24H,8,11-12,14-16H2,1-7H3/b17-13+. The van der Waals surface area contributed by atoms with E-state index in [1.165, 1.54) is 36.9 Å². The molecule has 2 aliphatic rings. The zero-order valence-corrected chi connectivity index (χ0v) is 18.0. The maximum Gasteiger partial charge on any atom is 0.0391 e. The van der Waals surface area contributed by atoms with E-state index in [1.54, 1.807) is 27.8 Å². The van der Waals surface area contributed by atoms with Gasteiger partial charge in [-0.05, 0) is 79.7 Å². The molecule has 1 aromatic carbocycles. The molecule has 1 aromatic rings. The van der Waals surface area contributed by atoms with Gasteiger partial charge in [0, 0.05) is 19.1 Å². The van der Waals surface area contributed by atoms with Crippen LogP contribution in [0.4, 0.5) is 0 Å². The first kappa shape index (κ1) is 19.4. The Labute approximate surface area is 161 Å². The molecule has 1 heteroatoms. The fourth-order valence-electron chi connectivity index (χ4n) is 5.04. The van der Waals surface area contributed by atoms with Gasteiger partial charge >= 0.3 is 0 Å². The van der Waals surface area contributed by atoms with Gasteiger partial charge < -0.3 is 0 Å². The second-order valence-electron chi connectivity index (χ2n) is 9.76. The molecule has 1 nitrogen and oxygen atoms in total. The van der Waals surface area contributed by atoms with E-state index in [2.05, 4.69) is 71.6 Å². The lowest BCUT2D eigenvalue weighted by Crippen LogP contribution is -2.45. The van der Waals surface area contributed by atoms with Crippen LogP contribution in [0.15, 0.2) is 34.9 Å². The average molecular weight is 352 g/mol. The Morgan fingerprint density at radius 2 is 1.96 bits per heavy atom. The summed E-state index contributed by atoms with van der Waals surface area (Å²) in [5.41, 5.74) is 11.4. The van der Waals surface area contributed by atoms with Crippen LogP contribution in [-0.2, 0) is 19.4 Å².